The maximum atomic E-state index is 9.46. The van der Waals surface area contributed by atoms with Crippen molar-refractivity contribution < 1.29 is 5.11 Å². The largest absolute Gasteiger partial charge is 0.396 e. The highest BCUT2D eigenvalue weighted by atomic mass is 35.5. The number of hydrogen-bond donors (Lipinski definition) is 2. The maximum Gasteiger partial charge on any atom is 0.0983 e. The summed E-state index contributed by atoms with van der Waals surface area (Å²) in [6, 6.07) is 7.83. The van der Waals surface area contributed by atoms with E-state index in [0.29, 0.717) is 5.02 Å². The second-order valence-corrected chi connectivity index (χ2v) is 8.27. The number of nitrogens with one attached hydrogen (secondary N) is 1. The lowest BCUT2D eigenvalue weighted by Crippen LogP contribution is -2.26. The van der Waals surface area contributed by atoms with Crippen molar-refractivity contribution in [2.75, 3.05) is 13.2 Å². The zero-order valence-corrected chi connectivity index (χ0v) is 15.4. The predicted molar refractivity (Wildman–Crippen MR) is 98.1 cm³/mol. The Balaban J connectivity index is 1.86. The maximum absolute atomic E-state index is 9.46. The smallest absolute Gasteiger partial charge is 0.0983 e. The normalized spacial score (nSPS) is 16.4. The first-order valence-corrected chi connectivity index (χ1v) is 8.88. The lowest BCUT2D eigenvalue weighted by atomic mass is 10.1. The van der Waals surface area contributed by atoms with Gasteiger partial charge in [-0.2, -0.15) is 5.10 Å². The average Bonchev–Trinajstić information content (AvgIpc) is 3.18. The van der Waals surface area contributed by atoms with Crippen molar-refractivity contribution in [2.24, 2.45) is 5.41 Å². The molecule has 0 bridgehead atoms. The topological polar surface area (TPSA) is 50.1 Å². The molecule has 0 spiro atoms. The van der Waals surface area contributed by atoms with Crippen LogP contribution in [0.5, 0.6) is 0 Å². The number of halogens is 1. The standard InChI is InChI=1S/C19H26ClN3O/c1-18(2,3)23-11-14(10-21-12-19(13-24)8-9-19)17(22-23)15-6-4-5-7-16(15)20/h4-7,11,21,24H,8-10,12-13H2,1-3H3. The van der Waals surface area contributed by atoms with Gasteiger partial charge in [-0.25, -0.2) is 0 Å². The van der Waals surface area contributed by atoms with Crippen molar-refractivity contribution in [2.45, 2.75) is 45.7 Å². The van der Waals surface area contributed by atoms with E-state index in [1.807, 2.05) is 28.9 Å². The van der Waals surface area contributed by atoms with Crippen LogP contribution in [0.2, 0.25) is 5.02 Å². The number of rotatable bonds is 6. The molecule has 1 saturated carbocycles. The summed E-state index contributed by atoms with van der Waals surface area (Å²) in [4.78, 5) is 0. The third-order valence-corrected chi connectivity index (χ3v) is 5.04. The fourth-order valence-corrected chi connectivity index (χ4v) is 3.02. The van der Waals surface area contributed by atoms with Gasteiger partial charge in [0.25, 0.3) is 0 Å². The van der Waals surface area contributed by atoms with E-state index in [2.05, 4.69) is 32.3 Å². The van der Waals surface area contributed by atoms with Gasteiger partial charge in [-0.05, 0) is 39.7 Å². The highest BCUT2D eigenvalue weighted by Crippen LogP contribution is 2.44. The molecule has 3 rings (SSSR count). The minimum atomic E-state index is -0.0862. The third-order valence-electron chi connectivity index (χ3n) is 4.71. The predicted octanol–water partition coefficient (Wildman–Crippen LogP) is 3.82. The van der Waals surface area contributed by atoms with Gasteiger partial charge in [0.05, 0.1) is 16.3 Å². The molecule has 0 unspecified atom stereocenters. The third kappa shape index (κ3) is 3.66. The Morgan fingerprint density at radius 1 is 1.29 bits per heavy atom. The molecule has 0 saturated heterocycles. The molecule has 1 aromatic carbocycles. The van der Waals surface area contributed by atoms with E-state index in [-0.39, 0.29) is 17.6 Å². The molecule has 0 amide bonds. The molecule has 1 aromatic heterocycles. The Morgan fingerprint density at radius 2 is 2.00 bits per heavy atom. The molecule has 1 aliphatic carbocycles. The van der Waals surface area contributed by atoms with Crippen LogP contribution < -0.4 is 5.32 Å². The van der Waals surface area contributed by atoms with Gasteiger partial charge >= 0.3 is 0 Å². The van der Waals surface area contributed by atoms with Gasteiger partial charge in [0.2, 0.25) is 0 Å². The summed E-state index contributed by atoms with van der Waals surface area (Å²) in [7, 11) is 0. The molecule has 0 radical (unpaired) electrons. The number of benzene rings is 1. The van der Waals surface area contributed by atoms with Gasteiger partial charge in [0.15, 0.2) is 0 Å². The van der Waals surface area contributed by atoms with Gasteiger partial charge in [-0.15, -0.1) is 0 Å². The number of hydrogen-bond acceptors (Lipinski definition) is 3. The van der Waals surface area contributed by atoms with Gasteiger partial charge < -0.3 is 10.4 Å². The van der Waals surface area contributed by atoms with E-state index in [1.165, 1.54) is 0 Å². The molecule has 130 valence electrons. The van der Waals surface area contributed by atoms with Crippen LogP contribution in [0.1, 0.15) is 39.2 Å². The Bertz CT molecular complexity index is 714. The fourth-order valence-electron chi connectivity index (χ4n) is 2.79. The Morgan fingerprint density at radius 3 is 2.58 bits per heavy atom. The molecule has 1 fully saturated rings. The lowest BCUT2D eigenvalue weighted by Gasteiger charge is -2.19. The van der Waals surface area contributed by atoms with E-state index in [9.17, 15) is 5.11 Å². The monoisotopic (exact) mass is 347 g/mol. The van der Waals surface area contributed by atoms with Crippen molar-refractivity contribution in [3.8, 4) is 11.3 Å². The Hall–Kier alpha value is -1.36. The second kappa shape index (κ2) is 6.51. The van der Waals surface area contributed by atoms with Gasteiger partial charge in [0, 0.05) is 42.4 Å². The van der Waals surface area contributed by atoms with Crippen molar-refractivity contribution in [1.82, 2.24) is 15.1 Å². The summed E-state index contributed by atoms with van der Waals surface area (Å²) in [6.45, 7) is 8.23. The quantitative estimate of drug-likeness (QED) is 0.835. The molecule has 4 nitrogen and oxygen atoms in total. The summed E-state index contributed by atoms with van der Waals surface area (Å²) in [5.74, 6) is 0. The van der Waals surface area contributed by atoms with Crippen LogP contribution in [-0.2, 0) is 12.1 Å². The minimum absolute atomic E-state index is 0.0862. The fraction of sp³-hybridized carbons (Fsp3) is 0.526. The van der Waals surface area contributed by atoms with Gasteiger partial charge in [0.1, 0.15) is 0 Å². The van der Waals surface area contributed by atoms with E-state index in [0.717, 1.165) is 42.8 Å². The van der Waals surface area contributed by atoms with Crippen LogP contribution in [0.3, 0.4) is 0 Å². The summed E-state index contributed by atoms with van der Waals surface area (Å²) >= 11 is 6.39. The molecule has 0 aliphatic heterocycles. The second-order valence-electron chi connectivity index (χ2n) is 7.86. The average molecular weight is 348 g/mol. The number of aliphatic hydroxyl groups excluding tert-OH is 1. The van der Waals surface area contributed by atoms with E-state index in [1.54, 1.807) is 0 Å². The highest BCUT2D eigenvalue weighted by molar-refractivity contribution is 6.33. The van der Waals surface area contributed by atoms with Crippen molar-refractivity contribution in [1.29, 1.82) is 0 Å². The van der Waals surface area contributed by atoms with Crippen LogP contribution >= 0.6 is 11.6 Å². The molecule has 0 atom stereocenters. The molecule has 1 aliphatic rings. The van der Waals surface area contributed by atoms with Gasteiger partial charge in [-0.3, -0.25) is 4.68 Å². The van der Waals surface area contributed by atoms with Crippen molar-refractivity contribution in [3.63, 3.8) is 0 Å². The Labute approximate surface area is 148 Å². The molecule has 24 heavy (non-hydrogen) atoms. The van der Waals surface area contributed by atoms with E-state index >= 15 is 0 Å². The van der Waals surface area contributed by atoms with E-state index in [4.69, 9.17) is 16.7 Å². The zero-order chi connectivity index (χ0) is 17.4. The van der Waals surface area contributed by atoms with Crippen molar-refractivity contribution in [3.05, 3.63) is 41.0 Å². The SMILES string of the molecule is CC(C)(C)n1cc(CNCC2(CO)CC2)c(-c2ccccc2Cl)n1. The molecular weight excluding hydrogens is 322 g/mol. The summed E-state index contributed by atoms with van der Waals surface area (Å²) < 4.78 is 2.00. The first-order chi connectivity index (χ1) is 11.3. The van der Waals surface area contributed by atoms with E-state index < -0.39 is 0 Å². The summed E-state index contributed by atoms with van der Waals surface area (Å²) in [6.07, 6.45) is 4.31. The molecule has 2 aromatic rings. The number of nitrogens with zero attached hydrogens (tertiary/aromatic N) is 2. The first-order valence-electron chi connectivity index (χ1n) is 8.50. The Kier molecular flexibility index (Phi) is 4.73. The van der Waals surface area contributed by atoms with Crippen molar-refractivity contribution >= 4 is 11.6 Å². The van der Waals surface area contributed by atoms with Crippen LogP contribution in [0, 0.1) is 5.41 Å². The minimum Gasteiger partial charge on any atom is -0.396 e. The lowest BCUT2D eigenvalue weighted by molar-refractivity contribution is 0.207. The molecular formula is C19H26ClN3O. The highest BCUT2D eigenvalue weighted by Gasteiger charge is 2.41. The molecule has 1 heterocycles. The summed E-state index contributed by atoms with van der Waals surface area (Å²) in [5.41, 5.74) is 3.03. The molecule has 5 heteroatoms. The van der Waals surface area contributed by atoms with Crippen LogP contribution in [0.15, 0.2) is 30.5 Å². The van der Waals surface area contributed by atoms with Crippen LogP contribution in [0.4, 0.5) is 0 Å². The van der Waals surface area contributed by atoms with Gasteiger partial charge in [-0.1, -0.05) is 29.8 Å². The van der Waals surface area contributed by atoms with Crippen LogP contribution in [-0.4, -0.2) is 28.0 Å². The van der Waals surface area contributed by atoms with Crippen LogP contribution in [0.25, 0.3) is 11.3 Å². The number of aromatic nitrogens is 2. The number of aliphatic hydroxyl groups is 1. The first kappa shape index (κ1) is 17.5. The summed E-state index contributed by atoms with van der Waals surface area (Å²) in [5, 5.41) is 18.5. The zero-order valence-electron chi connectivity index (χ0n) is 14.6. The molecule has 2 N–H and O–H groups in total.